The number of carbonyl (C=O) groups is 2. The maximum atomic E-state index is 13.4. The molecular weight excluding hydrogens is 374 g/mol. The Kier molecular flexibility index (Phi) is 5.04. The number of fused-ring (bicyclic) bond motifs is 1. The zero-order valence-electron chi connectivity index (χ0n) is 17.5. The number of Topliss-reactive ketones (excluding diaryl/α,β-unsaturated/α-hetero) is 1. The van der Waals surface area contributed by atoms with Crippen LogP contribution >= 0.6 is 0 Å². The van der Waals surface area contributed by atoms with Gasteiger partial charge in [0, 0.05) is 11.1 Å². The van der Waals surface area contributed by atoms with Crippen LogP contribution in [0.1, 0.15) is 44.6 Å². The fourth-order valence-electron chi connectivity index (χ4n) is 4.05. The van der Waals surface area contributed by atoms with Crippen LogP contribution in [0, 0.1) is 20.8 Å². The van der Waals surface area contributed by atoms with Crippen molar-refractivity contribution in [1.29, 1.82) is 0 Å². The van der Waals surface area contributed by atoms with Crippen molar-refractivity contribution >= 4 is 17.4 Å². The maximum absolute atomic E-state index is 13.4. The molecule has 1 unspecified atom stereocenters. The summed E-state index contributed by atoms with van der Waals surface area (Å²) in [6.45, 7) is 6.32. The number of amides is 1. The zero-order valence-corrected chi connectivity index (χ0v) is 17.5. The van der Waals surface area contributed by atoms with E-state index in [1.807, 2.05) is 57.2 Å². The van der Waals surface area contributed by atoms with Crippen molar-refractivity contribution in [1.82, 2.24) is 0 Å². The highest BCUT2D eigenvalue weighted by Gasteiger charge is 2.50. The Morgan fingerprint density at radius 3 is 2.33 bits per heavy atom. The van der Waals surface area contributed by atoms with E-state index in [-0.39, 0.29) is 12.2 Å². The predicted octanol–water partition coefficient (Wildman–Crippen LogP) is 4.62. The zero-order chi connectivity index (χ0) is 21.5. The summed E-state index contributed by atoms with van der Waals surface area (Å²) in [4.78, 5) is 27.9. The van der Waals surface area contributed by atoms with Crippen LogP contribution < -0.4 is 4.90 Å². The van der Waals surface area contributed by atoms with Gasteiger partial charge in [0.1, 0.15) is 0 Å². The van der Waals surface area contributed by atoms with Gasteiger partial charge in [-0.3, -0.25) is 9.59 Å². The van der Waals surface area contributed by atoms with E-state index in [1.165, 1.54) is 0 Å². The third-order valence-corrected chi connectivity index (χ3v) is 5.86. The van der Waals surface area contributed by atoms with E-state index in [2.05, 4.69) is 6.07 Å². The lowest BCUT2D eigenvalue weighted by Crippen LogP contribution is -2.41. The van der Waals surface area contributed by atoms with Gasteiger partial charge in [0.15, 0.2) is 11.4 Å². The average Bonchev–Trinajstić information content (AvgIpc) is 2.93. The van der Waals surface area contributed by atoms with E-state index in [4.69, 9.17) is 0 Å². The summed E-state index contributed by atoms with van der Waals surface area (Å²) in [5.74, 6) is -0.709. The first-order chi connectivity index (χ1) is 14.3. The lowest BCUT2D eigenvalue weighted by atomic mass is 9.88. The molecule has 1 aliphatic rings. The van der Waals surface area contributed by atoms with Gasteiger partial charge in [0.2, 0.25) is 0 Å². The van der Waals surface area contributed by atoms with Crippen LogP contribution in [0.15, 0.2) is 66.7 Å². The molecule has 4 rings (SSSR count). The Hall–Kier alpha value is -3.24. The quantitative estimate of drug-likeness (QED) is 0.637. The molecule has 3 aromatic rings. The molecule has 4 heteroatoms. The van der Waals surface area contributed by atoms with E-state index in [0.29, 0.717) is 23.4 Å². The average molecular weight is 399 g/mol. The molecule has 1 aliphatic heterocycles. The van der Waals surface area contributed by atoms with Crippen LogP contribution in [0.2, 0.25) is 0 Å². The van der Waals surface area contributed by atoms with E-state index in [9.17, 15) is 14.7 Å². The van der Waals surface area contributed by atoms with E-state index < -0.39 is 11.5 Å². The number of aryl methyl sites for hydroxylation is 3. The molecule has 4 nitrogen and oxygen atoms in total. The third kappa shape index (κ3) is 3.44. The van der Waals surface area contributed by atoms with Gasteiger partial charge in [-0.25, -0.2) is 0 Å². The van der Waals surface area contributed by atoms with Crippen molar-refractivity contribution < 1.29 is 14.7 Å². The summed E-state index contributed by atoms with van der Waals surface area (Å²) in [5, 5.41) is 11.5. The maximum Gasteiger partial charge on any atom is 0.264 e. The minimum atomic E-state index is -1.86. The number of carbonyl (C=O) groups excluding carboxylic acids is 2. The molecule has 1 amide bonds. The Labute approximate surface area is 176 Å². The normalized spacial score (nSPS) is 17.9. The van der Waals surface area contributed by atoms with Crippen LogP contribution in [0.3, 0.4) is 0 Å². The van der Waals surface area contributed by atoms with Crippen molar-refractivity contribution in [3.63, 3.8) is 0 Å². The second-order valence-electron chi connectivity index (χ2n) is 8.16. The topological polar surface area (TPSA) is 57.6 Å². The second-order valence-corrected chi connectivity index (χ2v) is 8.16. The first-order valence-electron chi connectivity index (χ1n) is 10.1. The molecule has 0 fully saturated rings. The number of para-hydroxylation sites is 1. The summed E-state index contributed by atoms with van der Waals surface area (Å²) in [5.41, 5.74) is 4.03. The first-order valence-corrected chi connectivity index (χ1v) is 10.1. The molecule has 0 bridgehead atoms. The molecule has 0 aliphatic carbocycles. The highest BCUT2D eigenvalue weighted by Crippen LogP contribution is 2.43. The van der Waals surface area contributed by atoms with E-state index in [0.717, 1.165) is 22.3 Å². The fourth-order valence-corrected chi connectivity index (χ4v) is 4.05. The molecule has 0 aromatic heterocycles. The molecule has 30 heavy (non-hydrogen) atoms. The minimum absolute atomic E-state index is 0.255. The van der Waals surface area contributed by atoms with E-state index >= 15 is 0 Å². The molecule has 0 spiro atoms. The number of anilines is 1. The fraction of sp³-hybridized carbons (Fsp3) is 0.231. The first kappa shape index (κ1) is 20.0. The number of nitrogens with zero attached hydrogens (tertiary/aromatic N) is 1. The van der Waals surface area contributed by atoms with Gasteiger partial charge >= 0.3 is 0 Å². The van der Waals surface area contributed by atoms with Gasteiger partial charge in [-0.05, 0) is 38.0 Å². The van der Waals surface area contributed by atoms with Crippen LogP contribution in [-0.4, -0.2) is 16.8 Å². The summed E-state index contributed by atoms with van der Waals surface area (Å²) in [6, 6.07) is 20.5. The van der Waals surface area contributed by atoms with Gasteiger partial charge in [-0.1, -0.05) is 71.8 Å². The van der Waals surface area contributed by atoms with Gasteiger partial charge in [0.25, 0.3) is 5.91 Å². The summed E-state index contributed by atoms with van der Waals surface area (Å²) >= 11 is 0. The van der Waals surface area contributed by atoms with Crippen LogP contribution in [0.25, 0.3) is 0 Å². The summed E-state index contributed by atoms with van der Waals surface area (Å²) in [6.07, 6.45) is -0.283. The monoisotopic (exact) mass is 399 g/mol. The molecule has 0 saturated carbocycles. The Bertz CT molecular complexity index is 1130. The number of benzene rings is 3. The lowest BCUT2D eigenvalue weighted by molar-refractivity contribution is -0.136. The van der Waals surface area contributed by atoms with Crippen LogP contribution in [0.5, 0.6) is 0 Å². The Morgan fingerprint density at radius 1 is 0.933 bits per heavy atom. The van der Waals surface area contributed by atoms with E-state index in [1.54, 1.807) is 29.2 Å². The number of rotatable bonds is 5. The van der Waals surface area contributed by atoms with Crippen LogP contribution in [-0.2, 0) is 16.9 Å². The number of aliphatic hydroxyl groups is 1. The molecule has 0 radical (unpaired) electrons. The predicted molar refractivity (Wildman–Crippen MR) is 118 cm³/mol. The second kappa shape index (κ2) is 7.54. The van der Waals surface area contributed by atoms with Gasteiger partial charge < -0.3 is 10.0 Å². The van der Waals surface area contributed by atoms with Gasteiger partial charge in [-0.2, -0.15) is 0 Å². The standard InChI is InChI=1S/C26H25NO3/c1-17-9-12-20(13-10-17)24(28)15-26(30)22-6-4-5-7-23(22)27(25(26)29)16-21-14-18(2)8-11-19(21)3/h4-14,30H,15-16H2,1-3H3. The molecule has 0 saturated heterocycles. The molecule has 1 N–H and O–H groups in total. The van der Waals surface area contributed by atoms with Gasteiger partial charge in [-0.15, -0.1) is 0 Å². The molecule has 1 heterocycles. The third-order valence-electron chi connectivity index (χ3n) is 5.86. The number of hydrogen-bond donors (Lipinski definition) is 1. The highest BCUT2D eigenvalue weighted by molar-refractivity contribution is 6.10. The molecule has 152 valence electrons. The van der Waals surface area contributed by atoms with Gasteiger partial charge in [0.05, 0.1) is 18.7 Å². The lowest BCUT2D eigenvalue weighted by Gasteiger charge is -2.23. The highest BCUT2D eigenvalue weighted by atomic mass is 16.3. The van der Waals surface area contributed by atoms with Crippen molar-refractivity contribution in [3.8, 4) is 0 Å². The Balaban J connectivity index is 1.69. The smallest absolute Gasteiger partial charge is 0.264 e. The summed E-state index contributed by atoms with van der Waals surface area (Å²) < 4.78 is 0. The van der Waals surface area contributed by atoms with Crippen molar-refractivity contribution in [2.75, 3.05) is 4.90 Å². The Morgan fingerprint density at radius 2 is 1.60 bits per heavy atom. The van der Waals surface area contributed by atoms with Crippen molar-refractivity contribution in [3.05, 3.63) is 100 Å². The van der Waals surface area contributed by atoms with Crippen LogP contribution in [0.4, 0.5) is 5.69 Å². The van der Waals surface area contributed by atoms with Crippen molar-refractivity contribution in [2.45, 2.75) is 39.3 Å². The molecule has 1 atom stereocenters. The number of ketones is 1. The number of hydrogen-bond acceptors (Lipinski definition) is 3. The van der Waals surface area contributed by atoms with Crippen molar-refractivity contribution in [2.24, 2.45) is 0 Å². The molecular formula is C26H25NO3. The minimum Gasteiger partial charge on any atom is -0.375 e. The molecule has 3 aromatic carbocycles. The SMILES string of the molecule is Cc1ccc(C(=O)CC2(O)C(=O)N(Cc3cc(C)ccc3C)c3ccccc32)cc1. The summed E-state index contributed by atoms with van der Waals surface area (Å²) in [7, 11) is 0. The largest absolute Gasteiger partial charge is 0.375 e.